The van der Waals surface area contributed by atoms with Crippen molar-refractivity contribution in [3.05, 3.63) is 53.9 Å². The number of carbonyl (C=O) groups excluding carboxylic acids is 1. The van der Waals surface area contributed by atoms with E-state index in [1.807, 2.05) is 6.92 Å². The van der Waals surface area contributed by atoms with Crippen LogP contribution in [0.1, 0.15) is 15.9 Å². The van der Waals surface area contributed by atoms with Gasteiger partial charge in [0.1, 0.15) is 0 Å². The number of benzene rings is 1. The first-order chi connectivity index (χ1) is 8.41. The summed E-state index contributed by atoms with van der Waals surface area (Å²) in [5.41, 5.74) is 1.12. The van der Waals surface area contributed by atoms with E-state index in [-0.39, 0.29) is 10.5 Å². The third kappa shape index (κ3) is 2.32. The minimum absolute atomic E-state index is 0.146. The van der Waals surface area contributed by atoms with Gasteiger partial charge >= 0.3 is 0 Å². The van der Waals surface area contributed by atoms with Crippen molar-refractivity contribution in [3.8, 4) is 0 Å². The Labute approximate surface area is 110 Å². The van der Waals surface area contributed by atoms with Gasteiger partial charge in [-0.1, -0.05) is 17.7 Å². The summed E-state index contributed by atoms with van der Waals surface area (Å²) in [5.74, 6) is 0. The topological polar surface area (TPSA) is 56.1 Å². The van der Waals surface area contributed by atoms with E-state index in [1.165, 1.54) is 30.6 Å². The Morgan fingerprint density at radius 1 is 1.17 bits per heavy atom. The van der Waals surface area contributed by atoms with Crippen LogP contribution in [-0.2, 0) is 10.0 Å². The molecule has 2 rings (SSSR count). The van der Waals surface area contributed by atoms with E-state index < -0.39 is 15.3 Å². The fourth-order valence-electron chi connectivity index (χ4n) is 1.47. The summed E-state index contributed by atoms with van der Waals surface area (Å²) in [5, 5.41) is -0.687. The molecule has 1 heterocycles. The maximum Gasteiger partial charge on any atom is 0.267 e. The summed E-state index contributed by atoms with van der Waals surface area (Å²) in [6, 6.07) is 7.83. The summed E-state index contributed by atoms with van der Waals surface area (Å²) in [7, 11) is -3.66. The van der Waals surface area contributed by atoms with Gasteiger partial charge in [0.2, 0.25) is 0 Å². The fourth-order valence-corrected chi connectivity index (χ4v) is 2.78. The lowest BCUT2D eigenvalue weighted by Crippen LogP contribution is -2.10. The molecule has 0 fully saturated rings. The number of nitrogens with zero attached hydrogens (tertiary/aromatic N) is 1. The van der Waals surface area contributed by atoms with Gasteiger partial charge in [0.05, 0.1) is 10.5 Å². The number of halogens is 1. The molecule has 0 unspecified atom stereocenters. The summed E-state index contributed by atoms with van der Waals surface area (Å²) in [4.78, 5) is 11.1. The van der Waals surface area contributed by atoms with Crippen LogP contribution >= 0.6 is 11.6 Å². The third-order valence-corrected chi connectivity index (χ3v) is 4.36. The second-order valence-corrected chi connectivity index (χ2v) is 6.01. The first-order valence-electron chi connectivity index (χ1n) is 5.11. The van der Waals surface area contributed by atoms with Crippen LogP contribution in [-0.4, -0.2) is 17.6 Å². The second kappa shape index (κ2) is 4.59. The molecular formula is C12H10ClNO3S. The van der Waals surface area contributed by atoms with Crippen molar-refractivity contribution in [2.24, 2.45) is 0 Å². The smallest absolute Gasteiger partial charge is 0.267 e. The molecule has 0 aliphatic rings. The SMILES string of the molecule is Cc1ccc(S(=O)(=O)n2ccc(C(=O)Cl)c2)cc1. The van der Waals surface area contributed by atoms with Crippen LogP contribution < -0.4 is 0 Å². The van der Waals surface area contributed by atoms with Crippen molar-refractivity contribution < 1.29 is 13.2 Å². The van der Waals surface area contributed by atoms with Gasteiger partial charge in [0, 0.05) is 12.4 Å². The molecule has 4 nitrogen and oxygen atoms in total. The largest absolute Gasteiger partial charge is 0.276 e. The third-order valence-electron chi connectivity index (χ3n) is 2.49. The van der Waals surface area contributed by atoms with Gasteiger partial charge in [0.25, 0.3) is 15.3 Å². The highest BCUT2D eigenvalue weighted by Crippen LogP contribution is 2.16. The molecule has 1 aromatic heterocycles. The number of carbonyl (C=O) groups is 1. The molecule has 0 atom stereocenters. The summed E-state index contributed by atoms with van der Waals surface area (Å²) < 4.78 is 25.4. The molecule has 0 amide bonds. The average molecular weight is 284 g/mol. The monoisotopic (exact) mass is 283 g/mol. The van der Waals surface area contributed by atoms with Crippen molar-refractivity contribution in [1.82, 2.24) is 3.97 Å². The zero-order chi connectivity index (χ0) is 13.3. The molecule has 0 bridgehead atoms. The predicted octanol–water partition coefficient (Wildman–Crippen LogP) is 2.41. The van der Waals surface area contributed by atoms with Gasteiger partial charge in [-0.15, -0.1) is 0 Å². The van der Waals surface area contributed by atoms with Crippen molar-refractivity contribution in [2.45, 2.75) is 11.8 Å². The van der Waals surface area contributed by atoms with Crippen LogP contribution in [0, 0.1) is 6.92 Å². The minimum Gasteiger partial charge on any atom is -0.276 e. The number of hydrogen-bond acceptors (Lipinski definition) is 3. The highest BCUT2D eigenvalue weighted by molar-refractivity contribution is 7.90. The molecular weight excluding hydrogens is 274 g/mol. The highest BCUT2D eigenvalue weighted by Gasteiger charge is 2.17. The molecule has 0 saturated heterocycles. The van der Waals surface area contributed by atoms with Gasteiger partial charge in [-0.2, -0.15) is 0 Å². The lowest BCUT2D eigenvalue weighted by Gasteiger charge is -2.05. The van der Waals surface area contributed by atoms with Crippen molar-refractivity contribution in [2.75, 3.05) is 0 Å². The van der Waals surface area contributed by atoms with Gasteiger partial charge in [-0.3, -0.25) is 4.79 Å². The van der Waals surface area contributed by atoms with Gasteiger partial charge < -0.3 is 0 Å². The van der Waals surface area contributed by atoms with E-state index in [2.05, 4.69) is 0 Å². The van der Waals surface area contributed by atoms with E-state index in [0.717, 1.165) is 9.54 Å². The number of hydrogen-bond donors (Lipinski definition) is 0. The van der Waals surface area contributed by atoms with Crippen molar-refractivity contribution in [3.63, 3.8) is 0 Å². The Morgan fingerprint density at radius 3 is 2.28 bits per heavy atom. The Morgan fingerprint density at radius 2 is 1.78 bits per heavy atom. The second-order valence-electron chi connectivity index (χ2n) is 3.82. The zero-order valence-electron chi connectivity index (χ0n) is 9.50. The molecule has 0 aliphatic carbocycles. The maximum atomic E-state index is 12.2. The van der Waals surface area contributed by atoms with Crippen LogP contribution in [0.5, 0.6) is 0 Å². The Balaban J connectivity index is 2.47. The lowest BCUT2D eigenvalue weighted by atomic mass is 10.2. The first kappa shape index (κ1) is 12.9. The van der Waals surface area contributed by atoms with E-state index >= 15 is 0 Å². The van der Waals surface area contributed by atoms with Gasteiger partial charge in [-0.25, -0.2) is 12.4 Å². The zero-order valence-corrected chi connectivity index (χ0v) is 11.1. The molecule has 6 heteroatoms. The van der Waals surface area contributed by atoms with Crippen LogP contribution in [0.2, 0.25) is 0 Å². The Hall–Kier alpha value is -1.59. The van der Waals surface area contributed by atoms with Crippen LogP contribution in [0.3, 0.4) is 0 Å². The highest BCUT2D eigenvalue weighted by atomic mass is 35.5. The van der Waals surface area contributed by atoms with E-state index in [1.54, 1.807) is 12.1 Å². The molecule has 2 aromatic rings. The predicted molar refractivity (Wildman–Crippen MR) is 68.4 cm³/mol. The standard InChI is InChI=1S/C12H10ClNO3S/c1-9-2-4-11(5-3-9)18(16,17)14-7-6-10(8-14)12(13)15/h2-8H,1H3. The normalized spacial score (nSPS) is 11.4. The molecule has 18 heavy (non-hydrogen) atoms. The van der Waals surface area contributed by atoms with Crippen LogP contribution in [0.15, 0.2) is 47.6 Å². The van der Waals surface area contributed by atoms with E-state index in [0.29, 0.717) is 0 Å². The average Bonchev–Trinajstić information content (AvgIpc) is 2.79. The summed E-state index contributed by atoms with van der Waals surface area (Å²) in [6.45, 7) is 1.87. The lowest BCUT2D eigenvalue weighted by molar-refractivity contribution is 0.108. The molecule has 94 valence electrons. The molecule has 0 aliphatic heterocycles. The molecule has 0 spiro atoms. The number of aryl methyl sites for hydroxylation is 1. The van der Waals surface area contributed by atoms with Crippen LogP contribution in [0.4, 0.5) is 0 Å². The van der Waals surface area contributed by atoms with E-state index in [4.69, 9.17) is 11.6 Å². The van der Waals surface area contributed by atoms with Gasteiger partial charge in [-0.05, 0) is 36.7 Å². The molecule has 1 aromatic carbocycles. The summed E-state index contributed by atoms with van der Waals surface area (Å²) >= 11 is 5.29. The molecule has 0 N–H and O–H groups in total. The maximum absolute atomic E-state index is 12.2. The molecule has 0 saturated carbocycles. The number of rotatable bonds is 3. The quantitative estimate of drug-likeness (QED) is 0.813. The first-order valence-corrected chi connectivity index (χ1v) is 6.93. The Bertz CT molecular complexity index is 686. The van der Waals surface area contributed by atoms with Crippen molar-refractivity contribution >= 4 is 26.9 Å². The van der Waals surface area contributed by atoms with Crippen molar-refractivity contribution in [1.29, 1.82) is 0 Å². The Kier molecular flexibility index (Phi) is 3.28. The van der Waals surface area contributed by atoms with Crippen LogP contribution in [0.25, 0.3) is 0 Å². The van der Waals surface area contributed by atoms with E-state index in [9.17, 15) is 13.2 Å². The number of aromatic nitrogens is 1. The summed E-state index contributed by atoms with van der Waals surface area (Å²) in [6.07, 6.45) is 2.50. The van der Waals surface area contributed by atoms with Gasteiger partial charge in [0.15, 0.2) is 0 Å². The minimum atomic E-state index is -3.66. The fraction of sp³-hybridized carbons (Fsp3) is 0.0833. The molecule has 0 radical (unpaired) electrons.